The van der Waals surface area contributed by atoms with Crippen LogP contribution in [0.1, 0.15) is 11.4 Å². The Kier molecular flexibility index (Phi) is 4.89. The molecule has 0 amide bonds. The largest absolute Gasteiger partial charge is 0.497 e. The smallest absolute Gasteiger partial charge is 0.331 e. The SMILES string of the molecule is COc1ccc(-c2nc(COC(=O)C=Cc3cnn(C)c3)no2)cc1. The van der Waals surface area contributed by atoms with Crippen LogP contribution in [-0.2, 0) is 23.2 Å². The van der Waals surface area contributed by atoms with Crippen molar-refractivity contribution < 1.29 is 18.8 Å². The predicted molar refractivity (Wildman–Crippen MR) is 88.3 cm³/mol. The fraction of sp³-hybridized carbons (Fsp3) is 0.176. The summed E-state index contributed by atoms with van der Waals surface area (Å²) in [6.07, 6.45) is 6.37. The molecule has 0 aliphatic heterocycles. The van der Waals surface area contributed by atoms with Crippen LogP contribution in [-0.4, -0.2) is 33.0 Å². The Morgan fingerprint density at radius 3 is 2.80 bits per heavy atom. The fourth-order valence-corrected chi connectivity index (χ4v) is 2.04. The number of aryl methyl sites for hydroxylation is 1. The molecule has 128 valence electrons. The number of hydrogen-bond donors (Lipinski definition) is 0. The van der Waals surface area contributed by atoms with E-state index in [1.807, 2.05) is 0 Å². The van der Waals surface area contributed by atoms with Gasteiger partial charge in [0.25, 0.3) is 5.89 Å². The van der Waals surface area contributed by atoms with Crippen molar-refractivity contribution in [1.82, 2.24) is 19.9 Å². The predicted octanol–water partition coefficient (Wildman–Crippen LogP) is 2.24. The molecule has 0 fully saturated rings. The summed E-state index contributed by atoms with van der Waals surface area (Å²) in [5, 5.41) is 7.80. The summed E-state index contributed by atoms with van der Waals surface area (Å²) in [5.74, 6) is 0.867. The first-order valence-electron chi connectivity index (χ1n) is 7.44. The van der Waals surface area contributed by atoms with E-state index in [0.29, 0.717) is 5.89 Å². The molecule has 2 heterocycles. The molecule has 8 heteroatoms. The zero-order valence-electron chi connectivity index (χ0n) is 13.7. The first-order valence-corrected chi connectivity index (χ1v) is 7.44. The molecule has 0 bridgehead atoms. The Bertz CT molecular complexity index is 880. The third kappa shape index (κ3) is 4.31. The van der Waals surface area contributed by atoms with Crippen LogP contribution < -0.4 is 4.74 Å². The van der Waals surface area contributed by atoms with Gasteiger partial charge in [-0.2, -0.15) is 10.1 Å². The number of methoxy groups -OCH3 is 1. The number of nitrogens with zero attached hydrogens (tertiary/aromatic N) is 4. The molecule has 8 nitrogen and oxygen atoms in total. The molecule has 0 aliphatic rings. The van der Waals surface area contributed by atoms with Gasteiger partial charge in [-0.15, -0.1) is 0 Å². The van der Waals surface area contributed by atoms with E-state index in [9.17, 15) is 4.79 Å². The first-order chi connectivity index (χ1) is 12.1. The molecular weight excluding hydrogens is 324 g/mol. The van der Waals surface area contributed by atoms with E-state index in [-0.39, 0.29) is 12.4 Å². The van der Waals surface area contributed by atoms with Gasteiger partial charge in [0.05, 0.1) is 13.3 Å². The van der Waals surface area contributed by atoms with Crippen molar-refractivity contribution in [1.29, 1.82) is 0 Å². The number of aromatic nitrogens is 4. The molecule has 25 heavy (non-hydrogen) atoms. The van der Waals surface area contributed by atoms with E-state index in [0.717, 1.165) is 16.9 Å². The van der Waals surface area contributed by atoms with Crippen LogP contribution in [0.2, 0.25) is 0 Å². The standard InChI is InChI=1S/C17H16N4O4/c1-21-10-12(9-18-21)3-8-16(22)24-11-15-19-17(25-20-15)13-4-6-14(23-2)7-5-13/h3-10H,11H2,1-2H3. The van der Waals surface area contributed by atoms with Crippen molar-refractivity contribution >= 4 is 12.0 Å². The Labute approximate surface area is 143 Å². The molecule has 0 unspecified atom stereocenters. The lowest BCUT2D eigenvalue weighted by molar-refractivity contribution is -0.139. The number of rotatable bonds is 6. The minimum atomic E-state index is -0.500. The summed E-state index contributed by atoms with van der Waals surface area (Å²) >= 11 is 0. The third-order valence-corrected chi connectivity index (χ3v) is 3.29. The number of benzene rings is 1. The van der Waals surface area contributed by atoms with Gasteiger partial charge in [-0.1, -0.05) is 5.16 Å². The maximum absolute atomic E-state index is 11.7. The van der Waals surface area contributed by atoms with E-state index in [1.165, 1.54) is 6.08 Å². The van der Waals surface area contributed by atoms with Gasteiger partial charge in [0.15, 0.2) is 6.61 Å². The minimum absolute atomic E-state index is 0.0735. The van der Waals surface area contributed by atoms with Gasteiger partial charge in [0.2, 0.25) is 5.82 Å². The Balaban J connectivity index is 1.55. The van der Waals surface area contributed by atoms with Gasteiger partial charge < -0.3 is 14.0 Å². The Morgan fingerprint density at radius 2 is 2.12 bits per heavy atom. The quantitative estimate of drug-likeness (QED) is 0.502. The monoisotopic (exact) mass is 340 g/mol. The van der Waals surface area contributed by atoms with Gasteiger partial charge in [0.1, 0.15) is 5.75 Å². The van der Waals surface area contributed by atoms with E-state index in [4.69, 9.17) is 14.0 Å². The average molecular weight is 340 g/mol. The highest BCUT2D eigenvalue weighted by Crippen LogP contribution is 2.20. The van der Waals surface area contributed by atoms with Crippen LogP contribution in [0.5, 0.6) is 5.75 Å². The third-order valence-electron chi connectivity index (χ3n) is 3.29. The Hall–Kier alpha value is -3.42. The fourth-order valence-electron chi connectivity index (χ4n) is 2.04. The topological polar surface area (TPSA) is 92.3 Å². The summed E-state index contributed by atoms with van der Waals surface area (Å²) in [6.45, 7) is -0.0735. The van der Waals surface area contributed by atoms with Crippen LogP contribution >= 0.6 is 0 Å². The van der Waals surface area contributed by atoms with Crippen LogP contribution in [0.4, 0.5) is 0 Å². The van der Waals surface area contributed by atoms with Gasteiger partial charge in [-0.25, -0.2) is 4.79 Å². The minimum Gasteiger partial charge on any atom is -0.497 e. The summed E-state index contributed by atoms with van der Waals surface area (Å²) in [6, 6.07) is 7.20. The molecule has 1 aromatic carbocycles. The maximum Gasteiger partial charge on any atom is 0.331 e. The molecule has 0 N–H and O–H groups in total. The number of hydrogen-bond acceptors (Lipinski definition) is 7. The summed E-state index contributed by atoms with van der Waals surface area (Å²) in [7, 11) is 3.39. The highest BCUT2D eigenvalue weighted by atomic mass is 16.5. The summed E-state index contributed by atoms with van der Waals surface area (Å²) < 4.78 is 17.0. The lowest BCUT2D eigenvalue weighted by Gasteiger charge is -1.99. The van der Waals surface area contributed by atoms with Crippen molar-refractivity contribution in [2.45, 2.75) is 6.61 Å². The van der Waals surface area contributed by atoms with E-state index in [1.54, 1.807) is 61.6 Å². The van der Waals surface area contributed by atoms with Gasteiger partial charge >= 0.3 is 5.97 Å². The number of esters is 1. The lowest BCUT2D eigenvalue weighted by Crippen LogP contribution is -2.01. The second kappa shape index (κ2) is 7.43. The highest BCUT2D eigenvalue weighted by Gasteiger charge is 2.10. The van der Waals surface area contributed by atoms with Crippen molar-refractivity contribution in [2.75, 3.05) is 7.11 Å². The highest BCUT2D eigenvalue weighted by molar-refractivity contribution is 5.86. The zero-order chi connectivity index (χ0) is 17.6. The molecule has 0 aliphatic carbocycles. The van der Waals surface area contributed by atoms with E-state index in [2.05, 4.69) is 15.2 Å². The second-order valence-corrected chi connectivity index (χ2v) is 5.13. The lowest BCUT2D eigenvalue weighted by atomic mass is 10.2. The van der Waals surface area contributed by atoms with Crippen molar-refractivity contribution in [2.24, 2.45) is 7.05 Å². The number of ether oxygens (including phenoxy) is 2. The molecule has 2 aromatic heterocycles. The molecule has 0 saturated carbocycles. The van der Waals surface area contributed by atoms with Crippen molar-refractivity contribution in [3.05, 3.63) is 54.1 Å². The molecule has 0 spiro atoms. The van der Waals surface area contributed by atoms with E-state index >= 15 is 0 Å². The molecule has 0 radical (unpaired) electrons. The zero-order valence-corrected chi connectivity index (χ0v) is 13.7. The first kappa shape index (κ1) is 16.4. The van der Waals surface area contributed by atoms with Crippen LogP contribution in [0, 0.1) is 0 Å². The average Bonchev–Trinajstić information content (AvgIpc) is 3.27. The molecule has 0 atom stereocenters. The van der Waals surface area contributed by atoms with Crippen LogP contribution in [0.25, 0.3) is 17.5 Å². The normalized spacial score (nSPS) is 11.0. The van der Waals surface area contributed by atoms with Gasteiger partial charge in [0, 0.05) is 30.4 Å². The summed E-state index contributed by atoms with van der Waals surface area (Å²) in [5.41, 5.74) is 1.56. The van der Waals surface area contributed by atoms with Gasteiger partial charge in [-0.05, 0) is 30.3 Å². The number of carbonyl (C=O) groups is 1. The molecular formula is C17H16N4O4. The molecule has 0 saturated heterocycles. The van der Waals surface area contributed by atoms with E-state index < -0.39 is 5.97 Å². The van der Waals surface area contributed by atoms with Crippen molar-refractivity contribution in [3.8, 4) is 17.2 Å². The second-order valence-electron chi connectivity index (χ2n) is 5.13. The Morgan fingerprint density at radius 1 is 1.32 bits per heavy atom. The van der Waals surface area contributed by atoms with Crippen molar-refractivity contribution in [3.63, 3.8) is 0 Å². The maximum atomic E-state index is 11.7. The molecule has 3 aromatic rings. The number of carbonyl (C=O) groups excluding carboxylic acids is 1. The summed E-state index contributed by atoms with van der Waals surface area (Å²) in [4.78, 5) is 15.9. The van der Waals surface area contributed by atoms with Crippen LogP contribution in [0.3, 0.4) is 0 Å². The van der Waals surface area contributed by atoms with Crippen LogP contribution in [0.15, 0.2) is 47.3 Å². The molecule has 3 rings (SSSR count). The van der Waals surface area contributed by atoms with Gasteiger partial charge in [-0.3, -0.25) is 4.68 Å².